The molecule has 0 spiro atoms. The first-order valence-electron chi connectivity index (χ1n) is 9.92. The Morgan fingerprint density at radius 1 is 1.07 bits per heavy atom. The summed E-state index contributed by atoms with van der Waals surface area (Å²) in [5.74, 6) is -0.106. The number of ether oxygens (including phenoxy) is 2. The molecule has 1 atom stereocenters. The summed E-state index contributed by atoms with van der Waals surface area (Å²) in [7, 11) is 0. The van der Waals surface area contributed by atoms with Crippen LogP contribution in [0.3, 0.4) is 0 Å². The second kappa shape index (κ2) is 11.4. The summed E-state index contributed by atoms with van der Waals surface area (Å²) in [6, 6.07) is 10.4. The molecule has 5 heteroatoms. The van der Waals surface area contributed by atoms with Gasteiger partial charge in [-0.25, -0.2) is 0 Å². The normalized spacial score (nSPS) is 16.6. The van der Waals surface area contributed by atoms with Gasteiger partial charge in [0.25, 0.3) is 0 Å². The van der Waals surface area contributed by atoms with E-state index in [0.717, 1.165) is 32.4 Å². The fourth-order valence-electron chi connectivity index (χ4n) is 3.45. The Kier molecular flexibility index (Phi) is 8.89. The molecule has 1 aromatic rings. The van der Waals surface area contributed by atoms with Crippen LogP contribution in [0.1, 0.15) is 51.5 Å². The molecule has 0 aromatic heterocycles. The molecule has 0 saturated carbocycles. The molecule has 0 aliphatic carbocycles. The summed E-state index contributed by atoms with van der Waals surface area (Å²) in [5, 5.41) is 0. The highest BCUT2D eigenvalue weighted by molar-refractivity contribution is 5.70. The number of nitrogens with zero attached hydrogens (tertiary/aromatic N) is 1. The van der Waals surface area contributed by atoms with Crippen LogP contribution in [0, 0.1) is 5.92 Å². The van der Waals surface area contributed by atoms with E-state index >= 15 is 0 Å². The first kappa shape index (κ1) is 21.0. The van der Waals surface area contributed by atoms with Crippen LogP contribution in [0.25, 0.3) is 0 Å². The maximum Gasteiger partial charge on any atom is 0.306 e. The topological polar surface area (TPSA) is 55.8 Å². The Labute approximate surface area is 162 Å². The first-order chi connectivity index (χ1) is 13.1. The van der Waals surface area contributed by atoms with Crippen LogP contribution in [0.2, 0.25) is 0 Å². The predicted molar refractivity (Wildman–Crippen MR) is 105 cm³/mol. The average Bonchev–Trinajstić information content (AvgIpc) is 2.65. The lowest BCUT2D eigenvalue weighted by Crippen LogP contribution is -2.29. The number of rotatable bonds is 10. The molecule has 0 fully saturated rings. The molecule has 2 rings (SSSR count). The molecule has 5 nitrogen and oxygen atoms in total. The lowest BCUT2D eigenvalue weighted by molar-refractivity contribution is -0.144. The molecule has 1 aliphatic heterocycles. The van der Waals surface area contributed by atoms with Crippen molar-refractivity contribution in [2.45, 2.75) is 52.5 Å². The molecule has 0 amide bonds. The van der Waals surface area contributed by atoms with Crippen molar-refractivity contribution in [3.63, 3.8) is 0 Å². The van der Waals surface area contributed by atoms with Crippen LogP contribution in [-0.4, -0.2) is 36.6 Å². The maximum absolute atomic E-state index is 12.0. The van der Waals surface area contributed by atoms with E-state index in [1.54, 1.807) is 0 Å². The van der Waals surface area contributed by atoms with E-state index in [0.29, 0.717) is 26.1 Å². The van der Waals surface area contributed by atoms with Gasteiger partial charge in [-0.3, -0.25) is 9.59 Å². The van der Waals surface area contributed by atoms with E-state index < -0.39 is 0 Å². The minimum absolute atomic E-state index is 0.143. The van der Waals surface area contributed by atoms with Gasteiger partial charge in [-0.2, -0.15) is 0 Å². The number of benzene rings is 1. The van der Waals surface area contributed by atoms with Crippen molar-refractivity contribution in [2.75, 3.05) is 19.8 Å². The van der Waals surface area contributed by atoms with Gasteiger partial charge in [0.15, 0.2) is 0 Å². The zero-order valence-corrected chi connectivity index (χ0v) is 16.5. The van der Waals surface area contributed by atoms with Crippen LogP contribution in [0.5, 0.6) is 0 Å². The van der Waals surface area contributed by atoms with Crippen molar-refractivity contribution in [2.24, 2.45) is 5.92 Å². The second-order valence-corrected chi connectivity index (χ2v) is 6.81. The van der Waals surface area contributed by atoms with E-state index in [1.165, 1.54) is 11.1 Å². The van der Waals surface area contributed by atoms with Crippen molar-refractivity contribution in [1.29, 1.82) is 0 Å². The average molecular weight is 373 g/mol. The first-order valence-corrected chi connectivity index (χ1v) is 9.92. The molecule has 0 bridgehead atoms. The summed E-state index contributed by atoms with van der Waals surface area (Å²) in [6.45, 7) is 6.25. The van der Waals surface area contributed by atoms with Gasteiger partial charge in [-0.15, -0.1) is 0 Å². The monoisotopic (exact) mass is 373 g/mol. The Morgan fingerprint density at radius 2 is 1.78 bits per heavy atom. The van der Waals surface area contributed by atoms with Crippen molar-refractivity contribution in [3.05, 3.63) is 47.7 Å². The predicted octanol–water partition coefficient (Wildman–Crippen LogP) is 4.08. The number of esters is 2. The lowest BCUT2D eigenvalue weighted by atomic mass is 9.87. The third-order valence-electron chi connectivity index (χ3n) is 4.74. The quantitative estimate of drug-likeness (QED) is 0.579. The molecule has 0 saturated heterocycles. The Balaban J connectivity index is 2.00. The van der Waals surface area contributed by atoms with Crippen LogP contribution >= 0.6 is 0 Å². The highest BCUT2D eigenvalue weighted by Crippen LogP contribution is 2.30. The Bertz CT molecular complexity index is 626. The molecule has 0 N–H and O–H groups in total. The molecule has 148 valence electrons. The van der Waals surface area contributed by atoms with Gasteiger partial charge in [0, 0.05) is 19.5 Å². The smallest absolute Gasteiger partial charge is 0.306 e. The molecule has 1 aromatic carbocycles. The van der Waals surface area contributed by atoms with Gasteiger partial charge in [-0.05, 0) is 50.8 Å². The molecular weight excluding hydrogens is 342 g/mol. The van der Waals surface area contributed by atoms with Gasteiger partial charge in [0.1, 0.15) is 0 Å². The Morgan fingerprint density at radius 3 is 2.48 bits per heavy atom. The van der Waals surface area contributed by atoms with Crippen molar-refractivity contribution >= 4 is 11.9 Å². The largest absolute Gasteiger partial charge is 0.466 e. The SMILES string of the molecule is CCOC(=O)CCCC1=CN(Cc2ccccc2)CCC1CC(=O)OCC. The highest BCUT2D eigenvalue weighted by atomic mass is 16.5. The summed E-state index contributed by atoms with van der Waals surface area (Å²) < 4.78 is 10.1. The fraction of sp³-hybridized carbons (Fsp3) is 0.545. The standard InChI is InChI=1S/C22H31NO4/c1-3-26-21(24)12-8-11-20-17-23(16-18-9-6-5-7-10-18)14-13-19(20)15-22(25)27-4-2/h5-7,9-10,17,19H,3-4,8,11-16H2,1-2H3. The second-order valence-electron chi connectivity index (χ2n) is 6.81. The number of hydrogen-bond donors (Lipinski definition) is 0. The number of carbonyl (C=O) groups excluding carboxylic acids is 2. The van der Waals surface area contributed by atoms with Gasteiger partial charge in [-0.1, -0.05) is 35.9 Å². The van der Waals surface area contributed by atoms with E-state index in [4.69, 9.17) is 9.47 Å². The third-order valence-corrected chi connectivity index (χ3v) is 4.74. The van der Waals surface area contributed by atoms with Crippen LogP contribution in [0.4, 0.5) is 0 Å². The van der Waals surface area contributed by atoms with Crippen molar-refractivity contribution < 1.29 is 19.1 Å². The van der Waals surface area contributed by atoms with Crippen molar-refractivity contribution in [3.8, 4) is 0 Å². The zero-order chi connectivity index (χ0) is 19.5. The highest BCUT2D eigenvalue weighted by Gasteiger charge is 2.24. The number of carbonyl (C=O) groups is 2. The fourth-order valence-corrected chi connectivity index (χ4v) is 3.45. The summed E-state index contributed by atoms with van der Waals surface area (Å²) >= 11 is 0. The van der Waals surface area contributed by atoms with Gasteiger partial charge < -0.3 is 14.4 Å². The van der Waals surface area contributed by atoms with Gasteiger partial charge in [0.2, 0.25) is 0 Å². The molecule has 27 heavy (non-hydrogen) atoms. The van der Waals surface area contributed by atoms with E-state index in [9.17, 15) is 9.59 Å². The summed E-state index contributed by atoms with van der Waals surface area (Å²) in [6.07, 6.45) is 5.48. The minimum Gasteiger partial charge on any atom is -0.466 e. The number of hydrogen-bond acceptors (Lipinski definition) is 5. The Hall–Kier alpha value is -2.30. The van der Waals surface area contributed by atoms with Gasteiger partial charge >= 0.3 is 11.9 Å². The van der Waals surface area contributed by atoms with Crippen LogP contribution in [-0.2, 0) is 25.6 Å². The van der Waals surface area contributed by atoms with E-state index in [1.807, 2.05) is 32.0 Å². The third kappa shape index (κ3) is 7.45. The van der Waals surface area contributed by atoms with E-state index in [-0.39, 0.29) is 17.9 Å². The molecule has 0 radical (unpaired) electrons. The molecular formula is C22H31NO4. The zero-order valence-electron chi connectivity index (χ0n) is 16.5. The van der Waals surface area contributed by atoms with Crippen molar-refractivity contribution in [1.82, 2.24) is 4.90 Å². The lowest BCUT2D eigenvalue weighted by Gasteiger charge is -2.32. The minimum atomic E-state index is -0.156. The van der Waals surface area contributed by atoms with Crippen LogP contribution in [0.15, 0.2) is 42.1 Å². The number of allylic oxidation sites excluding steroid dienone is 1. The van der Waals surface area contributed by atoms with E-state index in [2.05, 4.69) is 23.2 Å². The molecule has 1 aliphatic rings. The summed E-state index contributed by atoms with van der Waals surface area (Å²) in [4.78, 5) is 25.9. The summed E-state index contributed by atoms with van der Waals surface area (Å²) in [5.41, 5.74) is 2.50. The van der Waals surface area contributed by atoms with Crippen LogP contribution < -0.4 is 0 Å². The molecule has 1 heterocycles. The molecule has 1 unspecified atom stereocenters. The van der Waals surface area contributed by atoms with Gasteiger partial charge in [0.05, 0.1) is 19.6 Å². The maximum atomic E-state index is 12.0.